The van der Waals surface area contributed by atoms with E-state index in [0.29, 0.717) is 28.1 Å². The lowest BCUT2D eigenvalue weighted by molar-refractivity contribution is 0.628. The second-order valence-electron chi connectivity index (χ2n) is 9.86. The van der Waals surface area contributed by atoms with Crippen LogP contribution in [0.1, 0.15) is 43.3 Å². The number of pyridine rings is 2. The van der Waals surface area contributed by atoms with Crippen molar-refractivity contribution in [3.05, 3.63) is 150 Å². The highest BCUT2D eigenvalue weighted by atomic mass is 19.1. The van der Waals surface area contributed by atoms with Crippen LogP contribution < -0.4 is 5.32 Å². The number of aryl methyl sites for hydroxylation is 2. The number of nitrogens with zero attached hydrogens (tertiary/aromatic N) is 3. The highest BCUT2D eigenvalue weighted by Gasteiger charge is 2.15. The first-order chi connectivity index (χ1) is 20.9. The van der Waals surface area contributed by atoms with Crippen LogP contribution in [0.4, 0.5) is 4.39 Å². The molecule has 0 radical (unpaired) electrons. The lowest BCUT2D eigenvalue weighted by atomic mass is 10.0. The molecule has 0 bridgehead atoms. The molecule has 0 saturated carbocycles. The molecular weight excluding hydrogens is 533 g/mol. The molecule has 3 aromatic heterocycles. The van der Waals surface area contributed by atoms with Gasteiger partial charge in [-0.3, -0.25) is 4.98 Å². The van der Waals surface area contributed by atoms with E-state index in [1.165, 1.54) is 23.3 Å². The average molecular weight is 572 g/mol. The van der Waals surface area contributed by atoms with Crippen LogP contribution in [0.2, 0.25) is 0 Å². The summed E-state index contributed by atoms with van der Waals surface area (Å²) in [6.45, 7) is 14.6. The van der Waals surface area contributed by atoms with E-state index >= 15 is 0 Å². The van der Waals surface area contributed by atoms with E-state index in [1.54, 1.807) is 12.3 Å². The molecule has 0 fully saturated rings. The van der Waals surface area contributed by atoms with Gasteiger partial charge in [-0.25, -0.2) is 14.4 Å². The summed E-state index contributed by atoms with van der Waals surface area (Å²) in [5, 5.41) is 3.23. The van der Waals surface area contributed by atoms with Crippen molar-refractivity contribution in [2.75, 3.05) is 7.05 Å². The zero-order valence-corrected chi connectivity index (χ0v) is 25.3. The van der Waals surface area contributed by atoms with Crippen LogP contribution in [0.5, 0.6) is 0 Å². The SMILES string of the molecule is C=C(C(=C)c1nc2nccc(-c3cccc(F)c3)c2[nH]1)/C(=C\C=C(/C)c1cncc(CCc2ccccc2)c1)NC.CC. The Hall–Kier alpha value is -5.10. The third-order valence-corrected chi connectivity index (χ3v) is 7.07. The molecule has 0 unspecified atom stereocenters. The number of hydrogen-bond donors (Lipinski definition) is 2. The molecule has 0 saturated heterocycles. The smallest absolute Gasteiger partial charge is 0.178 e. The molecule has 5 aromatic rings. The van der Waals surface area contributed by atoms with Crippen molar-refractivity contribution in [1.29, 1.82) is 0 Å². The predicted molar refractivity (Wildman–Crippen MR) is 178 cm³/mol. The summed E-state index contributed by atoms with van der Waals surface area (Å²) in [4.78, 5) is 16.8. The molecule has 43 heavy (non-hydrogen) atoms. The molecule has 2 aromatic carbocycles. The van der Waals surface area contributed by atoms with E-state index in [9.17, 15) is 4.39 Å². The number of rotatable bonds is 10. The topological polar surface area (TPSA) is 66.5 Å². The Labute approximate surface area is 253 Å². The quantitative estimate of drug-likeness (QED) is 0.165. The van der Waals surface area contributed by atoms with Gasteiger partial charge >= 0.3 is 0 Å². The van der Waals surface area contributed by atoms with Crippen molar-refractivity contribution in [1.82, 2.24) is 25.3 Å². The fourth-order valence-corrected chi connectivity index (χ4v) is 4.67. The third kappa shape index (κ3) is 7.60. The van der Waals surface area contributed by atoms with Gasteiger partial charge in [0.05, 0.1) is 5.52 Å². The Morgan fingerprint density at radius 2 is 1.70 bits per heavy atom. The Kier molecular flexibility index (Phi) is 10.5. The first-order valence-electron chi connectivity index (χ1n) is 14.5. The molecule has 0 aliphatic rings. The van der Waals surface area contributed by atoms with Crippen LogP contribution in [0.15, 0.2) is 122 Å². The minimum absolute atomic E-state index is 0.299. The summed E-state index contributed by atoms with van der Waals surface area (Å²) >= 11 is 0. The van der Waals surface area contributed by atoms with E-state index in [1.807, 2.05) is 63.6 Å². The summed E-state index contributed by atoms with van der Waals surface area (Å²) < 4.78 is 13.9. The zero-order chi connectivity index (χ0) is 30.8. The van der Waals surface area contributed by atoms with Crippen LogP contribution in [0, 0.1) is 5.82 Å². The zero-order valence-electron chi connectivity index (χ0n) is 25.3. The molecule has 2 N–H and O–H groups in total. The van der Waals surface area contributed by atoms with Gasteiger partial charge in [0.25, 0.3) is 0 Å². The van der Waals surface area contributed by atoms with Crippen LogP contribution in [-0.4, -0.2) is 27.0 Å². The van der Waals surface area contributed by atoms with Gasteiger partial charge in [-0.1, -0.05) is 75.5 Å². The van der Waals surface area contributed by atoms with Crippen molar-refractivity contribution < 1.29 is 4.39 Å². The van der Waals surface area contributed by atoms with Gasteiger partial charge in [-0.15, -0.1) is 0 Å². The van der Waals surface area contributed by atoms with Gasteiger partial charge in [0.1, 0.15) is 11.6 Å². The standard InChI is InChI=1S/C35H32FN5.C2H6/c1-23(29-19-27(21-38-22-29)15-14-26-9-6-5-7-10-26)13-16-32(37-4)24(2)25(3)34-40-33-31(17-18-39-35(33)41-34)28-11-8-12-30(36)20-28;1-2/h5-13,16-22,37H,2-3,14-15H2,1,4H3,(H,39,40,41);1-2H3/b23-13+,32-16+;. The fraction of sp³-hybridized carbons (Fsp3) is 0.162. The second-order valence-corrected chi connectivity index (χ2v) is 9.86. The van der Waals surface area contributed by atoms with Crippen LogP contribution in [0.25, 0.3) is 33.4 Å². The summed E-state index contributed by atoms with van der Waals surface area (Å²) in [6.07, 6.45) is 11.4. The fourth-order valence-electron chi connectivity index (χ4n) is 4.67. The number of allylic oxidation sites excluding steroid dienone is 4. The van der Waals surface area contributed by atoms with E-state index in [4.69, 9.17) is 0 Å². The minimum atomic E-state index is -0.299. The Morgan fingerprint density at radius 1 is 0.930 bits per heavy atom. The van der Waals surface area contributed by atoms with Gasteiger partial charge in [-0.2, -0.15) is 0 Å². The molecular formula is C37H38FN5. The van der Waals surface area contributed by atoms with Crippen LogP contribution in [-0.2, 0) is 12.8 Å². The van der Waals surface area contributed by atoms with Crippen molar-refractivity contribution in [3.8, 4) is 11.1 Å². The van der Waals surface area contributed by atoms with E-state index in [0.717, 1.165) is 40.8 Å². The van der Waals surface area contributed by atoms with E-state index in [2.05, 4.69) is 75.7 Å². The molecule has 0 aliphatic carbocycles. The largest absolute Gasteiger partial charge is 0.388 e. The van der Waals surface area contributed by atoms with Crippen molar-refractivity contribution in [2.45, 2.75) is 33.6 Å². The first-order valence-corrected chi connectivity index (χ1v) is 14.5. The number of hydrogen-bond acceptors (Lipinski definition) is 4. The van der Waals surface area contributed by atoms with Crippen molar-refractivity contribution in [2.24, 2.45) is 0 Å². The molecule has 6 heteroatoms. The maximum atomic E-state index is 13.9. The molecule has 5 rings (SSSR count). The second kappa shape index (κ2) is 14.7. The van der Waals surface area contributed by atoms with E-state index in [-0.39, 0.29) is 5.82 Å². The highest BCUT2D eigenvalue weighted by molar-refractivity contribution is 5.92. The van der Waals surface area contributed by atoms with Crippen molar-refractivity contribution >= 4 is 22.3 Å². The number of halogens is 1. The average Bonchev–Trinajstić information content (AvgIpc) is 3.50. The monoisotopic (exact) mass is 571 g/mol. The maximum absolute atomic E-state index is 13.9. The normalized spacial score (nSPS) is 11.6. The summed E-state index contributed by atoms with van der Waals surface area (Å²) in [5.74, 6) is 0.255. The highest BCUT2D eigenvalue weighted by Crippen LogP contribution is 2.30. The van der Waals surface area contributed by atoms with E-state index < -0.39 is 0 Å². The number of aromatic amines is 1. The number of nitrogens with one attached hydrogen (secondary N) is 2. The van der Waals surface area contributed by atoms with Gasteiger partial charge in [0.2, 0.25) is 0 Å². The summed E-state index contributed by atoms with van der Waals surface area (Å²) in [6, 6.07) is 21.0. The molecule has 3 heterocycles. The van der Waals surface area contributed by atoms with Gasteiger partial charge in [0, 0.05) is 48.0 Å². The lowest BCUT2D eigenvalue weighted by Crippen LogP contribution is -2.09. The maximum Gasteiger partial charge on any atom is 0.178 e. The third-order valence-electron chi connectivity index (χ3n) is 7.07. The molecule has 0 amide bonds. The summed E-state index contributed by atoms with van der Waals surface area (Å²) in [5.41, 5.74) is 9.60. The molecule has 5 nitrogen and oxygen atoms in total. The van der Waals surface area contributed by atoms with Crippen LogP contribution >= 0.6 is 0 Å². The number of likely N-dealkylation sites (N-methyl/N-ethyl adjacent to an activating group) is 1. The Bertz CT molecular complexity index is 1780. The van der Waals surface area contributed by atoms with Gasteiger partial charge in [-0.05, 0) is 77.9 Å². The number of benzene rings is 2. The molecule has 0 atom stereocenters. The number of imidazole rings is 1. The summed E-state index contributed by atoms with van der Waals surface area (Å²) in [7, 11) is 1.85. The van der Waals surface area contributed by atoms with Crippen LogP contribution in [0.3, 0.4) is 0 Å². The molecule has 0 aliphatic heterocycles. The molecule has 0 spiro atoms. The number of H-pyrrole nitrogens is 1. The van der Waals surface area contributed by atoms with Gasteiger partial charge in [0.15, 0.2) is 5.65 Å². The van der Waals surface area contributed by atoms with Crippen molar-refractivity contribution in [3.63, 3.8) is 0 Å². The minimum Gasteiger partial charge on any atom is -0.388 e. The predicted octanol–water partition coefficient (Wildman–Crippen LogP) is 8.75. The Balaban J connectivity index is 0.00000207. The van der Waals surface area contributed by atoms with Gasteiger partial charge < -0.3 is 10.3 Å². The lowest BCUT2D eigenvalue weighted by Gasteiger charge is -2.11. The Morgan fingerprint density at radius 3 is 2.44 bits per heavy atom. The number of fused-ring (bicyclic) bond motifs is 1. The number of aromatic nitrogens is 4. The first kappa shape index (κ1) is 30.8. The molecule has 218 valence electrons.